The number of rotatable bonds is 6. The van der Waals surface area contributed by atoms with Gasteiger partial charge in [0.1, 0.15) is 5.54 Å². The van der Waals surface area contributed by atoms with Gasteiger partial charge < -0.3 is 20.5 Å². The molecule has 6 heteroatoms. The average Bonchev–Trinajstić information content (AvgIpc) is 2.67. The Morgan fingerprint density at radius 3 is 2.48 bits per heavy atom. The molecular weight excluding hydrogens is 364 g/mol. The maximum Gasteiger partial charge on any atom is 0.240 e. The Morgan fingerprint density at radius 2 is 1.93 bits per heavy atom. The van der Waals surface area contributed by atoms with Crippen LogP contribution in [0.4, 0.5) is 0 Å². The van der Waals surface area contributed by atoms with E-state index in [1.54, 1.807) is 0 Å². The zero-order chi connectivity index (χ0) is 19.7. The second-order valence-corrected chi connectivity index (χ2v) is 8.86. The van der Waals surface area contributed by atoms with Crippen molar-refractivity contribution in [1.29, 1.82) is 0 Å². The number of hydrogen-bond donors (Lipinski definition) is 2. The first kappa shape index (κ1) is 20.6. The van der Waals surface area contributed by atoms with Crippen LogP contribution in [0, 0.1) is 5.41 Å². The van der Waals surface area contributed by atoms with E-state index >= 15 is 0 Å². The SMILES string of the molecule is CCOC1CC(N)(C(=O)NCC2(c3ccc(Cl)cc3)CCOCC2)C1(C)C. The van der Waals surface area contributed by atoms with Gasteiger partial charge in [0.05, 0.1) is 6.10 Å². The van der Waals surface area contributed by atoms with Gasteiger partial charge in [-0.15, -0.1) is 0 Å². The van der Waals surface area contributed by atoms with Crippen molar-refractivity contribution >= 4 is 17.5 Å². The number of nitrogens with one attached hydrogen (secondary N) is 1. The summed E-state index contributed by atoms with van der Waals surface area (Å²) in [4.78, 5) is 13.0. The van der Waals surface area contributed by atoms with Crippen molar-refractivity contribution in [2.45, 2.75) is 57.1 Å². The van der Waals surface area contributed by atoms with E-state index in [-0.39, 0.29) is 17.4 Å². The van der Waals surface area contributed by atoms with Gasteiger partial charge in [0.15, 0.2) is 0 Å². The van der Waals surface area contributed by atoms with Crippen molar-refractivity contribution in [1.82, 2.24) is 5.32 Å². The Morgan fingerprint density at radius 1 is 1.30 bits per heavy atom. The van der Waals surface area contributed by atoms with Crippen molar-refractivity contribution in [3.8, 4) is 0 Å². The summed E-state index contributed by atoms with van der Waals surface area (Å²) in [5, 5.41) is 3.87. The molecule has 2 unspecified atom stereocenters. The minimum atomic E-state index is -0.904. The molecule has 0 aromatic heterocycles. The highest BCUT2D eigenvalue weighted by Gasteiger charge is 2.63. The second kappa shape index (κ2) is 7.70. The lowest BCUT2D eigenvalue weighted by Gasteiger charge is -2.57. The van der Waals surface area contributed by atoms with Crippen LogP contribution in [0.3, 0.4) is 0 Å². The largest absolute Gasteiger partial charge is 0.381 e. The van der Waals surface area contributed by atoms with E-state index < -0.39 is 11.0 Å². The van der Waals surface area contributed by atoms with E-state index in [0.717, 1.165) is 12.8 Å². The van der Waals surface area contributed by atoms with Crippen LogP contribution in [-0.2, 0) is 19.7 Å². The molecule has 2 fully saturated rings. The van der Waals surface area contributed by atoms with Crippen LogP contribution in [0.25, 0.3) is 0 Å². The monoisotopic (exact) mass is 394 g/mol. The summed E-state index contributed by atoms with van der Waals surface area (Å²) in [5.74, 6) is -0.0942. The van der Waals surface area contributed by atoms with Crippen LogP contribution in [0.1, 0.15) is 45.6 Å². The number of benzene rings is 1. The van der Waals surface area contributed by atoms with Gasteiger partial charge in [0, 0.05) is 48.6 Å². The highest BCUT2D eigenvalue weighted by Crippen LogP contribution is 2.50. The highest BCUT2D eigenvalue weighted by atomic mass is 35.5. The van der Waals surface area contributed by atoms with Crippen molar-refractivity contribution in [2.75, 3.05) is 26.4 Å². The molecule has 0 radical (unpaired) electrons. The number of carbonyl (C=O) groups is 1. The summed E-state index contributed by atoms with van der Waals surface area (Å²) in [6.45, 7) is 8.54. The molecule has 1 heterocycles. The molecule has 1 amide bonds. The third-order valence-electron chi connectivity index (χ3n) is 6.73. The molecule has 3 rings (SSSR count). The molecule has 2 atom stereocenters. The topological polar surface area (TPSA) is 73.6 Å². The van der Waals surface area contributed by atoms with Gasteiger partial charge in [-0.1, -0.05) is 37.6 Å². The first-order chi connectivity index (χ1) is 12.7. The van der Waals surface area contributed by atoms with E-state index in [4.69, 9.17) is 26.8 Å². The lowest BCUT2D eigenvalue weighted by molar-refractivity contribution is -0.171. The molecule has 1 aromatic carbocycles. The lowest BCUT2D eigenvalue weighted by Crippen LogP contribution is -2.76. The van der Waals surface area contributed by atoms with Gasteiger partial charge in [-0.3, -0.25) is 4.79 Å². The van der Waals surface area contributed by atoms with Crippen LogP contribution in [0.15, 0.2) is 24.3 Å². The van der Waals surface area contributed by atoms with Crippen LogP contribution in [0.5, 0.6) is 0 Å². The lowest BCUT2D eigenvalue weighted by atomic mass is 9.54. The third kappa shape index (κ3) is 3.63. The molecule has 27 heavy (non-hydrogen) atoms. The molecule has 1 aliphatic heterocycles. The first-order valence-corrected chi connectivity index (χ1v) is 10.2. The molecule has 1 saturated carbocycles. The van der Waals surface area contributed by atoms with E-state index in [1.807, 2.05) is 32.9 Å². The summed E-state index contributed by atoms with van der Waals surface area (Å²) in [7, 11) is 0. The molecule has 0 bridgehead atoms. The molecule has 3 N–H and O–H groups in total. The Bertz CT molecular complexity index is 671. The molecule has 0 spiro atoms. The Balaban J connectivity index is 1.72. The van der Waals surface area contributed by atoms with Crippen LogP contribution < -0.4 is 11.1 Å². The maximum atomic E-state index is 13.0. The second-order valence-electron chi connectivity index (χ2n) is 8.42. The average molecular weight is 395 g/mol. The molecular formula is C21H31ClN2O3. The van der Waals surface area contributed by atoms with E-state index in [2.05, 4.69) is 17.4 Å². The van der Waals surface area contributed by atoms with Crippen LogP contribution >= 0.6 is 11.6 Å². The number of ether oxygens (including phenoxy) is 2. The fourth-order valence-corrected chi connectivity index (χ4v) is 4.49. The summed E-state index contributed by atoms with van der Waals surface area (Å²) in [6, 6.07) is 7.91. The smallest absolute Gasteiger partial charge is 0.240 e. The number of amides is 1. The van der Waals surface area contributed by atoms with Crippen molar-refractivity contribution in [3.05, 3.63) is 34.9 Å². The number of hydrogen-bond acceptors (Lipinski definition) is 4. The first-order valence-electron chi connectivity index (χ1n) is 9.78. The molecule has 2 aliphatic rings. The fraction of sp³-hybridized carbons (Fsp3) is 0.667. The maximum absolute atomic E-state index is 13.0. The van der Waals surface area contributed by atoms with Gasteiger partial charge >= 0.3 is 0 Å². The van der Waals surface area contributed by atoms with Gasteiger partial charge in [-0.25, -0.2) is 0 Å². The summed E-state index contributed by atoms with van der Waals surface area (Å²) < 4.78 is 11.3. The summed E-state index contributed by atoms with van der Waals surface area (Å²) in [5.41, 5.74) is 6.26. The summed E-state index contributed by atoms with van der Waals surface area (Å²) >= 11 is 6.06. The fourth-order valence-electron chi connectivity index (χ4n) is 4.36. The minimum Gasteiger partial charge on any atom is -0.381 e. The number of halogens is 1. The highest BCUT2D eigenvalue weighted by molar-refractivity contribution is 6.30. The standard InChI is InChI=1S/C21H31ClN2O3/c1-4-27-17-13-21(23,19(17,2)3)18(25)24-14-20(9-11-26-12-10-20)15-5-7-16(22)8-6-15/h5-8,17H,4,9-14,23H2,1-3H3,(H,24,25). The van der Waals surface area contributed by atoms with Gasteiger partial charge in [-0.05, 0) is 37.5 Å². The van der Waals surface area contributed by atoms with Crippen molar-refractivity contribution < 1.29 is 14.3 Å². The summed E-state index contributed by atoms with van der Waals surface area (Å²) in [6.07, 6.45) is 2.29. The Hall–Kier alpha value is -1.14. The third-order valence-corrected chi connectivity index (χ3v) is 6.98. The molecule has 5 nitrogen and oxygen atoms in total. The zero-order valence-corrected chi connectivity index (χ0v) is 17.3. The predicted molar refractivity (Wildman–Crippen MR) is 107 cm³/mol. The van der Waals surface area contributed by atoms with Crippen molar-refractivity contribution in [2.24, 2.45) is 11.1 Å². The molecule has 1 aromatic rings. The van der Waals surface area contributed by atoms with Crippen LogP contribution in [-0.4, -0.2) is 43.9 Å². The zero-order valence-electron chi connectivity index (χ0n) is 16.5. The molecule has 150 valence electrons. The Kier molecular flexibility index (Phi) is 5.88. The van der Waals surface area contributed by atoms with Gasteiger partial charge in [0.2, 0.25) is 5.91 Å². The van der Waals surface area contributed by atoms with E-state index in [1.165, 1.54) is 5.56 Å². The van der Waals surface area contributed by atoms with Crippen LogP contribution in [0.2, 0.25) is 5.02 Å². The quantitative estimate of drug-likeness (QED) is 0.777. The number of nitrogens with two attached hydrogens (primary N) is 1. The molecule has 1 saturated heterocycles. The Labute approximate surface area is 166 Å². The predicted octanol–water partition coefficient (Wildman–Crippen LogP) is 3.04. The minimum absolute atomic E-state index is 0.0200. The van der Waals surface area contributed by atoms with Gasteiger partial charge in [0.25, 0.3) is 0 Å². The number of carbonyl (C=O) groups excluding carboxylic acids is 1. The van der Waals surface area contributed by atoms with Crippen molar-refractivity contribution in [3.63, 3.8) is 0 Å². The van der Waals surface area contributed by atoms with E-state index in [0.29, 0.717) is 37.8 Å². The van der Waals surface area contributed by atoms with Gasteiger partial charge in [-0.2, -0.15) is 0 Å². The van der Waals surface area contributed by atoms with E-state index in [9.17, 15) is 4.79 Å². The molecule has 1 aliphatic carbocycles. The normalized spacial score (nSPS) is 29.0.